The van der Waals surface area contributed by atoms with E-state index in [-0.39, 0.29) is 11.8 Å². The molecule has 6 nitrogen and oxygen atoms in total. The van der Waals surface area contributed by atoms with E-state index in [0.717, 1.165) is 62.1 Å². The average Bonchev–Trinajstić information content (AvgIpc) is 3.24. The molecule has 1 fully saturated rings. The van der Waals surface area contributed by atoms with E-state index in [1.807, 2.05) is 41.8 Å². The molecule has 162 valence electrons. The summed E-state index contributed by atoms with van der Waals surface area (Å²) in [6.45, 7) is 9.49. The molecule has 30 heavy (non-hydrogen) atoms. The molecule has 0 spiro atoms. The Morgan fingerprint density at radius 2 is 1.73 bits per heavy atom. The van der Waals surface area contributed by atoms with Crippen LogP contribution in [-0.2, 0) is 16.1 Å². The number of piperazine rings is 1. The Balaban J connectivity index is 1.39. The summed E-state index contributed by atoms with van der Waals surface area (Å²) in [5, 5.41) is 3.19. The van der Waals surface area contributed by atoms with Crippen molar-refractivity contribution in [2.24, 2.45) is 0 Å². The third-order valence-electron chi connectivity index (χ3n) is 5.58. The molecule has 2 amide bonds. The quantitative estimate of drug-likeness (QED) is 0.613. The molecule has 0 saturated carbocycles. The highest BCUT2D eigenvalue weighted by Crippen LogP contribution is 2.24. The van der Waals surface area contributed by atoms with Gasteiger partial charge in [-0.2, -0.15) is 0 Å². The lowest BCUT2D eigenvalue weighted by Gasteiger charge is -2.34. The number of hydrogen-bond donors (Lipinski definition) is 0. The highest BCUT2D eigenvalue weighted by molar-refractivity contribution is 7.13. The number of amides is 2. The van der Waals surface area contributed by atoms with E-state index in [1.165, 1.54) is 0 Å². The molecule has 7 heteroatoms. The Morgan fingerprint density at radius 3 is 2.40 bits per heavy atom. The standard InChI is InChI=1S/C23H32N4O2S/c1-3-26(4-2)21(28)11-8-12-22(29)27-15-13-25(14-16-27)17-20-18-30-23(24-20)19-9-6-5-7-10-19/h5-7,9-10,18H,3-4,8,11-17H2,1-2H3. The summed E-state index contributed by atoms with van der Waals surface area (Å²) < 4.78 is 0. The van der Waals surface area contributed by atoms with Crippen molar-refractivity contribution in [3.8, 4) is 10.6 Å². The molecule has 1 saturated heterocycles. The van der Waals surface area contributed by atoms with Gasteiger partial charge in [-0.3, -0.25) is 14.5 Å². The van der Waals surface area contributed by atoms with Crippen molar-refractivity contribution in [3.05, 3.63) is 41.4 Å². The minimum atomic E-state index is 0.149. The van der Waals surface area contributed by atoms with Gasteiger partial charge in [0.25, 0.3) is 0 Å². The fraction of sp³-hybridized carbons (Fsp3) is 0.522. The van der Waals surface area contributed by atoms with Crippen molar-refractivity contribution in [2.45, 2.75) is 39.7 Å². The van der Waals surface area contributed by atoms with Gasteiger partial charge >= 0.3 is 0 Å². The molecule has 0 N–H and O–H groups in total. The maximum atomic E-state index is 12.5. The summed E-state index contributed by atoms with van der Waals surface area (Å²) in [6, 6.07) is 10.3. The Bertz CT molecular complexity index is 812. The Morgan fingerprint density at radius 1 is 1.03 bits per heavy atom. The average molecular weight is 429 g/mol. The van der Waals surface area contributed by atoms with Gasteiger partial charge < -0.3 is 9.80 Å². The fourth-order valence-electron chi connectivity index (χ4n) is 3.76. The summed E-state index contributed by atoms with van der Waals surface area (Å²) >= 11 is 1.68. The van der Waals surface area contributed by atoms with Crippen LogP contribution in [-0.4, -0.2) is 70.8 Å². The lowest BCUT2D eigenvalue weighted by Crippen LogP contribution is -2.48. The van der Waals surface area contributed by atoms with Crippen LogP contribution in [0, 0.1) is 0 Å². The maximum absolute atomic E-state index is 12.5. The first-order chi connectivity index (χ1) is 14.6. The van der Waals surface area contributed by atoms with Crippen LogP contribution in [0.25, 0.3) is 10.6 Å². The van der Waals surface area contributed by atoms with E-state index in [0.29, 0.717) is 19.3 Å². The third kappa shape index (κ3) is 6.12. The highest BCUT2D eigenvalue weighted by atomic mass is 32.1. The van der Waals surface area contributed by atoms with Crippen molar-refractivity contribution in [2.75, 3.05) is 39.3 Å². The molecule has 2 heterocycles. The van der Waals surface area contributed by atoms with Crippen molar-refractivity contribution in [1.82, 2.24) is 19.7 Å². The second kappa shape index (κ2) is 11.2. The summed E-state index contributed by atoms with van der Waals surface area (Å²) in [4.78, 5) is 35.4. The molecule has 1 aromatic heterocycles. The van der Waals surface area contributed by atoms with Gasteiger partial charge in [-0.25, -0.2) is 4.98 Å². The van der Waals surface area contributed by atoms with Gasteiger partial charge in [0.1, 0.15) is 5.01 Å². The van der Waals surface area contributed by atoms with Gasteiger partial charge in [0, 0.05) is 69.6 Å². The lowest BCUT2D eigenvalue weighted by molar-refractivity contribution is -0.133. The molecule has 3 rings (SSSR count). The number of benzene rings is 1. The number of rotatable bonds is 9. The summed E-state index contributed by atoms with van der Waals surface area (Å²) in [7, 11) is 0. The molecular formula is C23H32N4O2S. The number of carbonyl (C=O) groups is 2. The van der Waals surface area contributed by atoms with E-state index in [4.69, 9.17) is 4.98 Å². The Kier molecular flexibility index (Phi) is 8.39. The molecule has 0 bridgehead atoms. The van der Waals surface area contributed by atoms with Crippen LogP contribution >= 0.6 is 11.3 Å². The van der Waals surface area contributed by atoms with Crippen molar-refractivity contribution < 1.29 is 9.59 Å². The predicted molar refractivity (Wildman–Crippen MR) is 121 cm³/mol. The van der Waals surface area contributed by atoms with Gasteiger partial charge in [0.2, 0.25) is 11.8 Å². The molecule has 0 atom stereocenters. The molecule has 0 radical (unpaired) electrons. The van der Waals surface area contributed by atoms with Gasteiger partial charge in [0.15, 0.2) is 0 Å². The Hall–Kier alpha value is -2.25. The second-order valence-electron chi connectivity index (χ2n) is 7.59. The zero-order valence-electron chi connectivity index (χ0n) is 18.0. The van der Waals surface area contributed by atoms with Crippen LogP contribution in [0.5, 0.6) is 0 Å². The molecule has 2 aromatic rings. The number of hydrogen-bond acceptors (Lipinski definition) is 5. The zero-order valence-corrected chi connectivity index (χ0v) is 18.9. The molecule has 0 unspecified atom stereocenters. The zero-order chi connectivity index (χ0) is 21.3. The SMILES string of the molecule is CCN(CC)C(=O)CCCC(=O)N1CCN(Cc2csc(-c3ccccc3)n2)CC1. The molecule has 0 aliphatic carbocycles. The van der Waals surface area contributed by atoms with E-state index in [2.05, 4.69) is 22.4 Å². The highest BCUT2D eigenvalue weighted by Gasteiger charge is 2.22. The first-order valence-electron chi connectivity index (χ1n) is 10.9. The molecule has 1 aromatic carbocycles. The fourth-order valence-corrected chi connectivity index (χ4v) is 4.58. The summed E-state index contributed by atoms with van der Waals surface area (Å²) in [6.07, 6.45) is 1.55. The van der Waals surface area contributed by atoms with Crippen molar-refractivity contribution >= 4 is 23.2 Å². The predicted octanol–water partition coefficient (Wildman–Crippen LogP) is 3.49. The van der Waals surface area contributed by atoms with Gasteiger partial charge in [-0.1, -0.05) is 30.3 Å². The normalized spacial score (nSPS) is 14.7. The van der Waals surface area contributed by atoms with Crippen LogP contribution in [0.15, 0.2) is 35.7 Å². The number of nitrogens with zero attached hydrogens (tertiary/aromatic N) is 4. The van der Waals surface area contributed by atoms with Crippen molar-refractivity contribution in [1.29, 1.82) is 0 Å². The van der Waals surface area contributed by atoms with Crippen LogP contribution < -0.4 is 0 Å². The minimum Gasteiger partial charge on any atom is -0.343 e. The summed E-state index contributed by atoms with van der Waals surface area (Å²) in [5.74, 6) is 0.317. The van der Waals surface area contributed by atoms with Crippen LogP contribution in [0.1, 0.15) is 38.8 Å². The van der Waals surface area contributed by atoms with E-state index in [9.17, 15) is 9.59 Å². The van der Waals surface area contributed by atoms with Gasteiger partial charge in [-0.15, -0.1) is 11.3 Å². The van der Waals surface area contributed by atoms with Crippen LogP contribution in [0.4, 0.5) is 0 Å². The van der Waals surface area contributed by atoms with E-state index in [1.54, 1.807) is 11.3 Å². The number of carbonyl (C=O) groups excluding carboxylic acids is 2. The molecule has 1 aliphatic heterocycles. The lowest BCUT2D eigenvalue weighted by atomic mass is 10.2. The topological polar surface area (TPSA) is 56.8 Å². The number of thiazole rings is 1. The monoisotopic (exact) mass is 428 g/mol. The first kappa shape index (κ1) is 22.4. The summed E-state index contributed by atoms with van der Waals surface area (Å²) in [5.41, 5.74) is 2.25. The van der Waals surface area contributed by atoms with Gasteiger partial charge in [-0.05, 0) is 20.3 Å². The van der Waals surface area contributed by atoms with E-state index < -0.39 is 0 Å². The molecule has 1 aliphatic rings. The van der Waals surface area contributed by atoms with Crippen LogP contribution in [0.2, 0.25) is 0 Å². The maximum Gasteiger partial charge on any atom is 0.222 e. The first-order valence-corrected chi connectivity index (χ1v) is 11.8. The van der Waals surface area contributed by atoms with Gasteiger partial charge in [0.05, 0.1) is 5.69 Å². The second-order valence-corrected chi connectivity index (χ2v) is 8.44. The third-order valence-corrected chi connectivity index (χ3v) is 6.52. The minimum absolute atomic E-state index is 0.149. The Labute approximate surface area is 183 Å². The largest absolute Gasteiger partial charge is 0.343 e. The van der Waals surface area contributed by atoms with Crippen molar-refractivity contribution in [3.63, 3.8) is 0 Å². The molecular weight excluding hydrogens is 396 g/mol. The smallest absolute Gasteiger partial charge is 0.222 e. The van der Waals surface area contributed by atoms with E-state index >= 15 is 0 Å². The number of aromatic nitrogens is 1. The van der Waals surface area contributed by atoms with Crippen LogP contribution in [0.3, 0.4) is 0 Å².